The van der Waals surface area contributed by atoms with Gasteiger partial charge in [0.1, 0.15) is 0 Å². The van der Waals surface area contributed by atoms with Gasteiger partial charge in [0.2, 0.25) is 0 Å². The summed E-state index contributed by atoms with van der Waals surface area (Å²) in [6.45, 7) is 0. The maximum absolute atomic E-state index is 8.88. The van der Waals surface area contributed by atoms with E-state index in [1.54, 1.807) is 0 Å². The summed E-state index contributed by atoms with van der Waals surface area (Å²) >= 11 is 0. The van der Waals surface area contributed by atoms with Crippen molar-refractivity contribution in [1.82, 2.24) is 0 Å². The van der Waals surface area contributed by atoms with Crippen molar-refractivity contribution in [3.8, 4) is 0 Å². The van der Waals surface area contributed by atoms with E-state index in [1.165, 1.54) is 0 Å². The fourth-order valence-electron chi connectivity index (χ4n) is 0. The van der Waals surface area contributed by atoms with E-state index < -0.39 is 7.82 Å². The number of phosphoric acid groups is 1. The second kappa shape index (κ2) is 36.8. The zero-order chi connectivity index (χ0) is 4.50. The van der Waals surface area contributed by atoms with Crippen LogP contribution >= 0.6 is 7.82 Å². The van der Waals surface area contributed by atoms with E-state index in [2.05, 4.69) is 0 Å². The molecule has 13 heavy (non-hydrogen) atoms. The molecule has 0 saturated carbocycles. The average molecular weight is 202 g/mol. The van der Waals surface area contributed by atoms with Gasteiger partial charge in [0.25, 0.3) is 0 Å². The Morgan fingerprint density at radius 2 is 0.615 bits per heavy atom. The van der Waals surface area contributed by atoms with Crippen LogP contribution in [-0.2, 0) is 4.57 Å². The molecule has 0 rings (SSSR count). The van der Waals surface area contributed by atoms with Crippen molar-refractivity contribution in [2.75, 3.05) is 0 Å². The Kier molecular flexibility index (Phi) is 225. The first-order chi connectivity index (χ1) is 2.00. The molecule has 64 valence electrons. The van der Waals surface area contributed by atoms with Crippen molar-refractivity contribution in [1.29, 1.82) is 0 Å². The largest absolute Gasteiger partial charge is 1.00 e. The molecule has 0 atom stereocenters. The molecule has 0 unspecified atom stereocenters. The van der Waals surface area contributed by atoms with E-state index in [0.717, 1.165) is 0 Å². The molecular weight excluding hydrogens is 199 g/mol. The molecule has 0 aromatic carbocycles. The van der Waals surface area contributed by atoms with Crippen LogP contribution in [0.5, 0.6) is 0 Å². The molecule has 13 heteroatoms. The van der Waals surface area contributed by atoms with E-state index in [4.69, 9.17) is 19.2 Å². The van der Waals surface area contributed by atoms with Crippen LogP contribution < -0.4 is 94.3 Å². The van der Waals surface area contributed by atoms with Gasteiger partial charge in [-0.1, -0.05) is 0 Å². The number of hydrogen-bond donors (Lipinski definition) is 3. The van der Waals surface area contributed by atoms with Crippen molar-refractivity contribution >= 4 is 7.82 Å². The Hall–Kier alpha value is 2.22. The van der Waals surface area contributed by atoms with Crippen LogP contribution in [0.4, 0.5) is 0 Å². The summed E-state index contributed by atoms with van der Waals surface area (Å²) in [7, 11) is -4.64. The molecule has 0 aromatic heterocycles. The van der Waals surface area contributed by atoms with Gasteiger partial charge in [-0.05, 0) is 0 Å². The maximum Gasteiger partial charge on any atom is 1.00 e. The van der Waals surface area contributed by atoms with Crippen LogP contribution in [0.2, 0.25) is 0 Å². The van der Waals surface area contributed by atoms with Gasteiger partial charge in [-0.25, -0.2) is 4.57 Å². The van der Waals surface area contributed by atoms with Crippen LogP contribution in [0.1, 0.15) is 0 Å². The van der Waals surface area contributed by atoms with Crippen LogP contribution in [-0.4, -0.2) is 14.7 Å². The first kappa shape index (κ1) is 79.6. The third-order valence-corrected chi connectivity index (χ3v) is 0. The van der Waals surface area contributed by atoms with E-state index in [0.29, 0.717) is 0 Å². The molecule has 0 heterocycles. The first-order valence-corrected chi connectivity index (χ1v) is 2.35. The van der Waals surface area contributed by atoms with E-state index in [1.807, 2.05) is 0 Å². The Bertz CT molecular complexity index is 70.3. The Balaban J connectivity index is -0.00000000286. The van der Waals surface area contributed by atoms with E-state index in [9.17, 15) is 0 Å². The molecule has 0 radical (unpaired) electrons. The van der Waals surface area contributed by atoms with Gasteiger partial charge in [0.05, 0.1) is 0 Å². The first-order valence-electron chi connectivity index (χ1n) is 0.783. The van der Waals surface area contributed by atoms with E-state index >= 15 is 0 Å². The minimum Gasteiger partial charge on any atom is -1.00 e. The third kappa shape index (κ3) is 431. The monoisotopic (exact) mass is 202 g/mol. The van der Waals surface area contributed by atoms with Crippen molar-refractivity contribution in [2.45, 2.75) is 0 Å². The summed E-state index contributed by atoms with van der Waals surface area (Å²) in [4.78, 5) is 21.6. The molecule has 0 fully saturated rings. The van der Waals surface area contributed by atoms with Gasteiger partial charge in [-0.15, -0.1) is 0 Å². The second-order valence-electron chi connectivity index (χ2n) is 0.513. The van der Waals surface area contributed by atoms with Gasteiger partial charge < -0.3 is 33.5 Å². The summed E-state index contributed by atoms with van der Waals surface area (Å²) in [5, 5.41) is 0. The van der Waals surface area contributed by atoms with Gasteiger partial charge in [0, 0.05) is 0 Å². The third-order valence-electron chi connectivity index (χ3n) is 0. The van der Waals surface area contributed by atoms with Crippen LogP contribution in [0.25, 0.3) is 0 Å². The molecule has 3 N–H and O–H groups in total. The second-order valence-corrected chi connectivity index (χ2v) is 1.54. The van der Waals surface area contributed by atoms with Crippen molar-refractivity contribution < 1.29 is 114 Å². The molecule has 0 amide bonds. The summed E-state index contributed by atoms with van der Waals surface area (Å²) in [6.07, 6.45) is 0. The Morgan fingerprint density at radius 3 is 0.615 bits per heavy atom. The van der Waals surface area contributed by atoms with Crippen molar-refractivity contribution in [2.24, 2.45) is 0 Å². The smallest absolute Gasteiger partial charge is 1.00 e. The minimum absolute atomic E-state index is 0. The van der Waals surface area contributed by atoms with E-state index in [-0.39, 0.29) is 94.3 Å². The van der Waals surface area contributed by atoms with Crippen molar-refractivity contribution in [3.63, 3.8) is 0 Å². The maximum atomic E-state index is 8.88. The number of rotatable bonds is 0. The normalized spacial score (nSPS) is 4.54. The average Bonchev–Trinajstić information content (AvgIpc) is 0.722. The topological polar surface area (TPSA) is 77.8 Å². The SMILES string of the molecule is O=P(O)(O)O.[F-].[F-].[F-].[F-].[Li+].[Li+].[Li+].[Li+]. The number of halogens is 4. The van der Waals surface area contributed by atoms with Crippen LogP contribution in [0.3, 0.4) is 0 Å². The zero-order valence-corrected chi connectivity index (χ0v) is 8.60. The van der Waals surface area contributed by atoms with Crippen molar-refractivity contribution in [3.05, 3.63) is 0 Å². The fourth-order valence-corrected chi connectivity index (χ4v) is 0. The Labute approximate surface area is 120 Å². The molecule has 0 bridgehead atoms. The van der Waals surface area contributed by atoms with Gasteiger partial charge in [-0.2, -0.15) is 0 Å². The predicted octanol–water partition coefficient (Wildman–Crippen LogP) is -24.9. The summed E-state index contributed by atoms with van der Waals surface area (Å²) in [5.74, 6) is 0. The minimum atomic E-state index is -4.64. The molecule has 4 nitrogen and oxygen atoms in total. The standard InChI is InChI=1S/4FH.4Li.H3O4P/c;;;;;;;;1-5(2,3)4/h4*1H;;;;;(H3,1,2,3,4)/q;;;;4*+1;/p-4. The predicted molar refractivity (Wildman–Crippen MR) is 14.3 cm³/mol. The molecule has 0 aliphatic rings. The summed E-state index contributed by atoms with van der Waals surface area (Å²) in [5.41, 5.74) is 0. The van der Waals surface area contributed by atoms with Crippen LogP contribution in [0.15, 0.2) is 0 Å². The van der Waals surface area contributed by atoms with Gasteiger partial charge >= 0.3 is 83.3 Å². The zero-order valence-electron chi connectivity index (χ0n) is 7.71. The van der Waals surface area contributed by atoms with Gasteiger partial charge in [-0.3, -0.25) is 0 Å². The summed E-state index contributed by atoms with van der Waals surface area (Å²) in [6, 6.07) is 0. The summed E-state index contributed by atoms with van der Waals surface area (Å²) < 4.78 is 8.88. The quantitative estimate of drug-likeness (QED) is 0.207. The molecule has 0 saturated heterocycles. The van der Waals surface area contributed by atoms with Crippen LogP contribution in [0, 0.1) is 0 Å². The molecule has 0 aromatic rings. The molecule has 0 spiro atoms. The fraction of sp³-hybridized carbons (Fsp3) is 0. The number of hydrogen-bond acceptors (Lipinski definition) is 1. The molecular formula is H3F4Li4O4P. The van der Waals surface area contributed by atoms with Gasteiger partial charge in [0.15, 0.2) is 0 Å². The Morgan fingerprint density at radius 1 is 0.615 bits per heavy atom. The molecule has 0 aliphatic carbocycles. The molecule has 0 aliphatic heterocycles.